The topological polar surface area (TPSA) is 68.9 Å². The van der Waals surface area contributed by atoms with Crippen LogP contribution in [0.25, 0.3) is 0 Å². The fourth-order valence-corrected chi connectivity index (χ4v) is 4.44. The van der Waals surface area contributed by atoms with Gasteiger partial charge in [0, 0.05) is 36.0 Å². The molecule has 3 N–H and O–H groups in total. The molecule has 1 saturated carbocycles. The number of rotatable bonds is 2. The summed E-state index contributed by atoms with van der Waals surface area (Å²) in [5.74, 6) is 2.02. The first-order chi connectivity index (χ1) is 11.1. The first-order valence-corrected chi connectivity index (χ1v) is 8.50. The molecule has 2 heterocycles. The van der Waals surface area contributed by atoms with Crippen molar-refractivity contribution in [2.24, 2.45) is 22.1 Å². The van der Waals surface area contributed by atoms with E-state index in [4.69, 9.17) is 20.2 Å². The third kappa shape index (κ3) is 2.38. The molecule has 0 radical (unpaired) electrons. The van der Waals surface area contributed by atoms with E-state index in [9.17, 15) is 0 Å². The minimum Gasteiger partial charge on any atom is -0.493 e. The van der Waals surface area contributed by atoms with E-state index in [0.29, 0.717) is 30.6 Å². The van der Waals surface area contributed by atoms with Crippen molar-refractivity contribution < 1.29 is 9.47 Å². The quantitative estimate of drug-likeness (QED) is 0.649. The Balaban J connectivity index is 1.50. The monoisotopic (exact) mass is 315 g/mol. The van der Waals surface area contributed by atoms with Crippen molar-refractivity contribution in [3.8, 4) is 5.75 Å². The van der Waals surface area contributed by atoms with Crippen molar-refractivity contribution in [1.29, 1.82) is 0 Å². The van der Waals surface area contributed by atoms with Gasteiger partial charge in [0.05, 0.1) is 18.8 Å². The van der Waals surface area contributed by atoms with Crippen LogP contribution in [-0.4, -0.2) is 31.3 Å². The predicted octanol–water partition coefficient (Wildman–Crippen LogP) is 2.23. The molecule has 1 aliphatic carbocycles. The molecule has 4 unspecified atom stereocenters. The maximum atomic E-state index is 6.23. The Kier molecular flexibility index (Phi) is 3.48. The first-order valence-electron chi connectivity index (χ1n) is 8.50. The summed E-state index contributed by atoms with van der Waals surface area (Å²) in [4.78, 5) is 4.74. The van der Waals surface area contributed by atoms with Crippen LogP contribution in [0.5, 0.6) is 5.75 Å². The summed E-state index contributed by atoms with van der Waals surface area (Å²) in [5.41, 5.74) is 7.46. The normalized spacial score (nSPS) is 34.8. The lowest BCUT2D eigenvalue weighted by molar-refractivity contribution is -0.106. The van der Waals surface area contributed by atoms with Crippen LogP contribution in [0, 0.1) is 11.3 Å². The molecule has 1 aromatic carbocycles. The summed E-state index contributed by atoms with van der Waals surface area (Å²) >= 11 is 0. The minimum atomic E-state index is 0.0752. The van der Waals surface area contributed by atoms with E-state index in [0.717, 1.165) is 30.8 Å². The fraction of sp³-hybridized carbons (Fsp3) is 0.611. The Bertz CT molecular complexity index is 628. The lowest BCUT2D eigenvalue weighted by atomic mass is 9.57. The van der Waals surface area contributed by atoms with E-state index < -0.39 is 0 Å². The van der Waals surface area contributed by atoms with Crippen LogP contribution >= 0.6 is 0 Å². The summed E-state index contributed by atoms with van der Waals surface area (Å²) in [6, 6.07) is 8.50. The van der Waals surface area contributed by atoms with Gasteiger partial charge in [0.25, 0.3) is 0 Å². The molecular weight excluding hydrogens is 290 g/mol. The Morgan fingerprint density at radius 2 is 2.09 bits per heavy atom. The number of ether oxygens (including phenoxy) is 2. The van der Waals surface area contributed by atoms with E-state index >= 15 is 0 Å². The van der Waals surface area contributed by atoms with Crippen LogP contribution in [0.1, 0.15) is 38.3 Å². The second kappa shape index (κ2) is 5.41. The van der Waals surface area contributed by atoms with Crippen LogP contribution in [0.4, 0.5) is 0 Å². The van der Waals surface area contributed by atoms with Crippen molar-refractivity contribution >= 4 is 5.96 Å². The van der Waals surface area contributed by atoms with Gasteiger partial charge in [-0.2, -0.15) is 0 Å². The Morgan fingerprint density at radius 3 is 2.96 bits per heavy atom. The highest BCUT2D eigenvalue weighted by molar-refractivity contribution is 5.79. The number of nitrogens with zero attached hydrogens (tertiary/aromatic N) is 1. The predicted molar refractivity (Wildman–Crippen MR) is 89.5 cm³/mol. The number of para-hydroxylation sites is 1. The van der Waals surface area contributed by atoms with Gasteiger partial charge in [0.1, 0.15) is 5.75 Å². The number of hydrogen-bond acceptors (Lipinski definition) is 3. The van der Waals surface area contributed by atoms with Gasteiger partial charge in [0.2, 0.25) is 0 Å². The van der Waals surface area contributed by atoms with E-state index in [2.05, 4.69) is 25.2 Å². The number of guanidine groups is 1. The van der Waals surface area contributed by atoms with Gasteiger partial charge in [-0.05, 0) is 12.5 Å². The average molecular weight is 315 g/mol. The van der Waals surface area contributed by atoms with Crippen LogP contribution in [0.15, 0.2) is 29.3 Å². The summed E-state index contributed by atoms with van der Waals surface area (Å²) < 4.78 is 11.5. The molecule has 0 bridgehead atoms. The molecular formula is C18H25N3O2. The maximum Gasteiger partial charge on any atom is 0.189 e. The molecule has 3 aliphatic rings. The number of aliphatic imine (C=N–C) groups is 1. The van der Waals surface area contributed by atoms with Crippen LogP contribution in [0.2, 0.25) is 0 Å². The van der Waals surface area contributed by atoms with Crippen molar-refractivity contribution in [3.05, 3.63) is 29.8 Å². The van der Waals surface area contributed by atoms with Crippen LogP contribution < -0.4 is 15.8 Å². The molecule has 4 atom stereocenters. The van der Waals surface area contributed by atoms with Crippen molar-refractivity contribution in [2.45, 2.75) is 44.9 Å². The molecule has 0 spiro atoms. The van der Waals surface area contributed by atoms with Crippen molar-refractivity contribution in [1.82, 2.24) is 5.32 Å². The summed E-state index contributed by atoms with van der Waals surface area (Å²) in [7, 11) is 0. The third-order valence-corrected chi connectivity index (χ3v) is 5.63. The van der Waals surface area contributed by atoms with Crippen molar-refractivity contribution in [3.63, 3.8) is 0 Å². The minimum absolute atomic E-state index is 0.0752. The lowest BCUT2D eigenvalue weighted by Gasteiger charge is -2.54. The van der Waals surface area contributed by atoms with E-state index in [1.165, 1.54) is 0 Å². The first kappa shape index (κ1) is 14.8. The molecule has 5 heteroatoms. The molecule has 2 aliphatic heterocycles. The zero-order valence-corrected chi connectivity index (χ0v) is 13.8. The Hall–Kier alpha value is -1.75. The van der Waals surface area contributed by atoms with Gasteiger partial charge in [-0.1, -0.05) is 32.0 Å². The van der Waals surface area contributed by atoms with Gasteiger partial charge >= 0.3 is 0 Å². The second-order valence-electron chi connectivity index (χ2n) is 7.39. The SMILES string of the molecule is CC1(C)C(NC(N)=NC2CCOc3ccccc32)C2CCOC21. The smallest absolute Gasteiger partial charge is 0.189 e. The van der Waals surface area contributed by atoms with Gasteiger partial charge < -0.3 is 20.5 Å². The molecule has 1 saturated heterocycles. The average Bonchev–Trinajstić information content (AvgIpc) is 3.00. The molecule has 5 nitrogen and oxygen atoms in total. The molecule has 124 valence electrons. The highest BCUT2D eigenvalue weighted by Gasteiger charge is 2.59. The Labute approximate surface area is 137 Å². The summed E-state index contributed by atoms with van der Waals surface area (Å²) in [6.45, 7) is 6.04. The third-order valence-electron chi connectivity index (χ3n) is 5.63. The van der Waals surface area contributed by atoms with Crippen LogP contribution in [0.3, 0.4) is 0 Å². The van der Waals surface area contributed by atoms with Crippen molar-refractivity contribution in [2.75, 3.05) is 13.2 Å². The molecule has 0 aromatic heterocycles. The highest BCUT2D eigenvalue weighted by atomic mass is 16.5. The molecule has 0 amide bonds. The molecule has 2 fully saturated rings. The standard InChI is InChI=1S/C18H25N3O2/c1-18(2)15(12-7-9-23-16(12)18)21-17(19)20-13-8-10-22-14-6-4-3-5-11(13)14/h3-6,12-13,15-16H,7-10H2,1-2H3,(H3,19,20,21). The number of fused-ring (bicyclic) bond motifs is 2. The van der Waals surface area contributed by atoms with Gasteiger partial charge in [-0.15, -0.1) is 0 Å². The van der Waals surface area contributed by atoms with E-state index in [1.807, 2.05) is 18.2 Å². The number of nitrogens with one attached hydrogen (secondary N) is 1. The molecule has 1 aromatic rings. The van der Waals surface area contributed by atoms with Gasteiger partial charge in [-0.25, -0.2) is 4.99 Å². The molecule has 23 heavy (non-hydrogen) atoms. The number of benzene rings is 1. The number of hydrogen-bond donors (Lipinski definition) is 2. The maximum absolute atomic E-state index is 6.23. The largest absolute Gasteiger partial charge is 0.493 e. The van der Waals surface area contributed by atoms with Gasteiger partial charge in [0.15, 0.2) is 5.96 Å². The zero-order chi connectivity index (χ0) is 16.0. The van der Waals surface area contributed by atoms with E-state index in [1.54, 1.807) is 0 Å². The second-order valence-corrected chi connectivity index (χ2v) is 7.39. The highest BCUT2D eigenvalue weighted by Crippen LogP contribution is 2.52. The Morgan fingerprint density at radius 1 is 1.26 bits per heavy atom. The van der Waals surface area contributed by atoms with Crippen LogP contribution in [-0.2, 0) is 4.74 Å². The molecule has 4 rings (SSSR count). The summed E-state index contributed by atoms with van der Waals surface area (Å²) in [5, 5.41) is 3.46. The van der Waals surface area contributed by atoms with E-state index in [-0.39, 0.29) is 11.5 Å². The fourth-order valence-electron chi connectivity index (χ4n) is 4.44. The summed E-state index contributed by atoms with van der Waals surface area (Å²) in [6.07, 6.45) is 2.33. The zero-order valence-electron chi connectivity index (χ0n) is 13.8. The number of nitrogens with two attached hydrogens (primary N) is 1. The van der Waals surface area contributed by atoms with Gasteiger partial charge in [-0.3, -0.25) is 0 Å². The lowest BCUT2D eigenvalue weighted by Crippen LogP contribution is -2.67.